The van der Waals surface area contributed by atoms with Crippen LogP contribution in [-0.2, 0) is 16.0 Å². The molecule has 162 valence electrons. The van der Waals surface area contributed by atoms with Crippen LogP contribution in [0.25, 0.3) is 6.08 Å². The molecule has 1 heterocycles. The van der Waals surface area contributed by atoms with Crippen LogP contribution in [0.2, 0.25) is 0 Å². The molecule has 1 saturated heterocycles. The minimum absolute atomic E-state index is 0.174. The number of benzene rings is 2. The number of ether oxygens (including phenoxy) is 2. The number of methoxy groups -OCH3 is 2. The van der Waals surface area contributed by atoms with Crippen molar-refractivity contribution in [1.82, 2.24) is 10.2 Å². The number of nitrogens with one attached hydrogen (secondary N) is 1. The molecule has 2 aromatic rings. The van der Waals surface area contributed by atoms with Gasteiger partial charge in [0.2, 0.25) is 5.91 Å². The SMILES string of the molecule is COc1ccc(/C=C2\SC(=O)N(CC(=O)NCCc3ccc(O)cc3)C2=O)c(OC)c1. The highest BCUT2D eigenvalue weighted by Crippen LogP contribution is 2.34. The Balaban J connectivity index is 1.60. The molecule has 8 nitrogen and oxygen atoms in total. The summed E-state index contributed by atoms with van der Waals surface area (Å²) in [5, 5.41) is 11.5. The highest BCUT2D eigenvalue weighted by atomic mass is 32.2. The number of hydrogen-bond donors (Lipinski definition) is 2. The van der Waals surface area contributed by atoms with Crippen LogP contribution < -0.4 is 14.8 Å². The highest BCUT2D eigenvalue weighted by Gasteiger charge is 2.36. The van der Waals surface area contributed by atoms with Crippen LogP contribution in [0.15, 0.2) is 47.4 Å². The maximum atomic E-state index is 12.7. The van der Waals surface area contributed by atoms with E-state index in [1.807, 2.05) is 0 Å². The fraction of sp³-hybridized carbons (Fsp3) is 0.227. The van der Waals surface area contributed by atoms with Gasteiger partial charge < -0.3 is 19.9 Å². The van der Waals surface area contributed by atoms with Crippen LogP contribution in [0.1, 0.15) is 11.1 Å². The van der Waals surface area contributed by atoms with E-state index in [-0.39, 0.29) is 17.2 Å². The van der Waals surface area contributed by atoms with Gasteiger partial charge in [-0.3, -0.25) is 19.3 Å². The van der Waals surface area contributed by atoms with E-state index in [9.17, 15) is 19.5 Å². The molecule has 3 rings (SSSR count). The number of carbonyl (C=O) groups excluding carboxylic acids is 3. The first-order valence-electron chi connectivity index (χ1n) is 9.43. The summed E-state index contributed by atoms with van der Waals surface area (Å²) in [6.07, 6.45) is 2.12. The van der Waals surface area contributed by atoms with Crippen LogP contribution in [-0.4, -0.2) is 54.4 Å². The van der Waals surface area contributed by atoms with Crippen molar-refractivity contribution in [3.63, 3.8) is 0 Å². The molecule has 9 heteroatoms. The van der Waals surface area contributed by atoms with Crippen LogP contribution in [0.5, 0.6) is 17.2 Å². The molecule has 1 aliphatic rings. The van der Waals surface area contributed by atoms with Gasteiger partial charge in [0.05, 0.1) is 19.1 Å². The minimum Gasteiger partial charge on any atom is -0.508 e. The zero-order valence-electron chi connectivity index (χ0n) is 17.1. The summed E-state index contributed by atoms with van der Waals surface area (Å²) < 4.78 is 10.5. The molecule has 0 saturated carbocycles. The summed E-state index contributed by atoms with van der Waals surface area (Å²) in [6, 6.07) is 11.8. The van der Waals surface area contributed by atoms with Crippen molar-refractivity contribution in [2.75, 3.05) is 27.3 Å². The number of imide groups is 1. The fourth-order valence-corrected chi connectivity index (χ4v) is 3.75. The summed E-state index contributed by atoms with van der Waals surface area (Å²) in [6.45, 7) is -0.00392. The van der Waals surface area contributed by atoms with Gasteiger partial charge in [0.25, 0.3) is 11.1 Å². The van der Waals surface area contributed by atoms with E-state index in [0.29, 0.717) is 30.0 Å². The van der Waals surface area contributed by atoms with Crippen molar-refractivity contribution in [2.24, 2.45) is 0 Å². The molecule has 0 unspecified atom stereocenters. The highest BCUT2D eigenvalue weighted by molar-refractivity contribution is 8.18. The zero-order chi connectivity index (χ0) is 22.4. The first-order valence-corrected chi connectivity index (χ1v) is 10.2. The molecule has 0 aromatic heterocycles. The predicted molar refractivity (Wildman–Crippen MR) is 117 cm³/mol. The van der Waals surface area contributed by atoms with E-state index in [0.717, 1.165) is 22.2 Å². The molecule has 31 heavy (non-hydrogen) atoms. The lowest BCUT2D eigenvalue weighted by Gasteiger charge is -2.12. The Hall–Kier alpha value is -3.46. The number of hydrogen-bond acceptors (Lipinski definition) is 7. The van der Waals surface area contributed by atoms with E-state index >= 15 is 0 Å². The van der Waals surface area contributed by atoms with E-state index in [2.05, 4.69) is 5.32 Å². The predicted octanol–water partition coefficient (Wildman–Crippen LogP) is 2.80. The topological polar surface area (TPSA) is 105 Å². The first kappa shape index (κ1) is 22.2. The number of phenolic OH excluding ortho intramolecular Hbond substituents is 1. The van der Waals surface area contributed by atoms with Gasteiger partial charge in [-0.15, -0.1) is 0 Å². The van der Waals surface area contributed by atoms with Crippen LogP contribution >= 0.6 is 11.8 Å². The summed E-state index contributed by atoms with van der Waals surface area (Å²) in [5.74, 6) is 0.322. The normalized spacial score (nSPS) is 14.8. The molecule has 2 N–H and O–H groups in total. The molecule has 1 aliphatic heterocycles. The third-order valence-electron chi connectivity index (χ3n) is 4.57. The largest absolute Gasteiger partial charge is 0.508 e. The fourth-order valence-electron chi connectivity index (χ4n) is 2.92. The van der Waals surface area contributed by atoms with Crippen LogP contribution in [0, 0.1) is 0 Å². The van der Waals surface area contributed by atoms with Crippen LogP contribution in [0.4, 0.5) is 4.79 Å². The van der Waals surface area contributed by atoms with Gasteiger partial charge in [0.1, 0.15) is 23.8 Å². The zero-order valence-corrected chi connectivity index (χ0v) is 17.9. The van der Waals surface area contributed by atoms with Gasteiger partial charge >= 0.3 is 0 Å². The molecule has 0 aliphatic carbocycles. The third kappa shape index (κ3) is 5.58. The second-order valence-electron chi connectivity index (χ2n) is 6.64. The molecule has 2 aromatic carbocycles. The number of amides is 3. The molecule has 0 spiro atoms. The van der Waals surface area contributed by atoms with Crippen molar-refractivity contribution in [3.8, 4) is 17.2 Å². The van der Waals surface area contributed by atoms with Crippen molar-refractivity contribution < 1.29 is 29.0 Å². The maximum absolute atomic E-state index is 12.7. The van der Waals surface area contributed by atoms with Gasteiger partial charge in [0, 0.05) is 18.2 Å². The van der Waals surface area contributed by atoms with E-state index in [1.165, 1.54) is 14.2 Å². The van der Waals surface area contributed by atoms with E-state index in [1.54, 1.807) is 48.5 Å². The smallest absolute Gasteiger partial charge is 0.294 e. The maximum Gasteiger partial charge on any atom is 0.294 e. The minimum atomic E-state index is -0.526. The number of nitrogens with zero attached hydrogens (tertiary/aromatic N) is 1. The first-order chi connectivity index (χ1) is 14.9. The number of rotatable bonds is 8. The number of thioether (sulfide) groups is 1. The number of phenols is 1. The Morgan fingerprint density at radius 2 is 1.87 bits per heavy atom. The average Bonchev–Trinajstić information content (AvgIpc) is 3.02. The van der Waals surface area contributed by atoms with Crippen molar-refractivity contribution in [3.05, 3.63) is 58.5 Å². The van der Waals surface area contributed by atoms with Gasteiger partial charge in [-0.05, 0) is 54.1 Å². The molecular weight excluding hydrogens is 420 g/mol. The summed E-state index contributed by atoms with van der Waals surface area (Å²) >= 11 is 0.778. The molecule has 3 amide bonds. The Kier molecular flexibility index (Phi) is 7.19. The molecular formula is C22H22N2O6S. The number of carbonyl (C=O) groups is 3. The average molecular weight is 442 g/mol. The standard InChI is InChI=1S/C22H22N2O6S/c1-29-17-8-5-15(18(12-17)30-2)11-19-21(27)24(22(28)31-19)13-20(26)23-10-9-14-3-6-16(25)7-4-14/h3-8,11-12,25H,9-10,13H2,1-2H3,(H,23,26)/b19-11-. The second-order valence-corrected chi connectivity index (χ2v) is 7.64. The van der Waals surface area contributed by atoms with Gasteiger partial charge in [0.15, 0.2) is 0 Å². The van der Waals surface area contributed by atoms with E-state index in [4.69, 9.17) is 9.47 Å². The summed E-state index contributed by atoms with van der Waals surface area (Å²) in [7, 11) is 3.04. The lowest BCUT2D eigenvalue weighted by atomic mass is 10.1. The molecule has 0 atom stereocenters. The van der Waals surface area contributed by atoms with E-state index < -0.39 is 17.1 Å². The quantitative estimate of drug-likeness (QED) is 0.606. The van der Waals surface area contributed by atoms with Gasteiger partial charge in [-0.25, -0.2) is 0 Å². The Bertz CT molecular complexity index is 1020. The van der Waals surface area contributed by atoms with Crippen molar-refractivity contribution >= 4 is 34.9 Å². The Labute approximate surface area is 183 Å². The second kappa shape index (κ2) is 10.0. The molecule has 0 bridgehead atoms. The Morgan fingerprint density at radius 3 is 2.55 bits per heavy atom. The summed E-state index contributed by atoms with van der Waals surface area (Å²) in [5.41, 5.74) is 1.56. The lowest BCUT2D eigenvalue weighted by molar-refractivity contribution is -0.129. The third-order valence-corrected chi connectivity index (χ3v) is 5.48. The molecule has 0 radical (unpaired) electrons. The number of aromatic hydroxyl groups is 1. The van der Waals surface area contributed by atoms with Crippen LogP contribution in [0.3, 0.4) is 0 Å². The monoisotopic (exact) mass is 442 g/mol. The van der Waals surface area contributed by atoms with Crippen molar-refractivity contribution in [2.45, 2.75) is 6.42 Å². The molecule has 1 fully saturated rings. The Morgan fingerprint density at radius 1 is 1.13 bits per heavy atom. The van der Waals surface area contributed by atoms with Gasteiger partial charge in [-0.1, -0.05) is 12.1 Å². The lowest BCUT2D eigenvalue weighted by Crippen LogP contribution is -2.40. The summed E-state index contributed by atoms with van der Waals surface area (Å²) in [4.78, 5) is 38.3. The van der Waals surface area contributed by atoms with Crippen molar-refractivity contribution in [1.29, 1.82) is 0 Å². The van der Waals surface area contributed by atoms with Gasteiger partial charge in [-0.2, -0.15) is 0 Å².